The van der Waals surface area contributed by atoms with E-state index in [1.165, 1.54) is 43.1 Å². The number of nitrogen functional groups attached to an aromatic ring is 1. The fourth-order valence-electron chi connectivity index (χ4n) is 3.46. The van der Waals surface area contributed by atoms with Gasteiger partial charge in [-0.1, -0.05) is 30.3 Å². The first kappa shape index (κ1) is 12.5. The van der Waals surface area contributed by atoms with E-state index in [4.69, 9.17) is 5.73 Å². The molecule has 0 amide bonds. The van der Waals surface area contributed by atoms with Crippen molar-refractivity contribution >= 4 is 48.8 Å². The molecule has 0 bridgehead atoms. The van der Waals surface area contributed by atoms with Gasteiger partial charge < -0.3 is 5.73 Å². The standard InChI is InChI=1S/C22H15N/c23-22-6-5-16-9-19-10-17-7-14-3-1-2-4-15(14)8-18(17)11-20(19)12-21(16)13-22/h1-13H,23H2. The Labute approximate surface area is 133 Å². The molecule has 0 heterocycles. The highest BCUT2D eigenvalue weighted by Crippen LogP contribution is 2.30. The van der Waals surface area contributed by atoms with Gasteiger partial charge >= 0.3 is 0 Å². The lowest BCUT2D eigenvalue weighted by Gasteiger charge is -2.07. The lowest BCUT2D eigenvalue weighted by Crippen LogP contribution is -1.84. The van der Waals surface area contributed by atoms with Gasteiger partial charge in [0.05, 0.1) is 0 Å². The summed E-state index contributed by atoms with van der Waals surface area (Å²) in [5, 5.41) is 10.1. The third-order valence-electron chi connectivity index (χ3n) is 4.64. The second-order valence-corrected chi connectivity index (χ2v) is 6.20. The molecule has 0 aromatic heterocycles. The highest BCUT2D eigenvalue weighted by atomic mass is 14.5. The fourth-order valence-corrected chi connectivity index (χ4v) is 3.46. The molecule has 0 aliphatic rings. The Bertz CT molecular complexity index is 1220. The van der Waals surface area contributed by atoms with Crippen LogP contribution in [0.4, 0.5) is 5.69 Å². The van der Waals surface area contributed by atoms with Gasteiger partial charge in [0.2, 0.25) is 0 Å². The van der Waals surface area contributed by atoms with Crippen LogP contribution in [-0.2, 0) is 0 Å². The minimum absolute atomic E-state index is 0.809. The summed E-state index contributed by atoms with van der Waals surface area (Å²) in [6.07, 6.45) is 0. The summed E-state index contributed by atoms with van der Waals surface area (Å²) in [7, 11) is 0. The lowest BCUT2D eigenvalue weighted by atomic mass is 9.97. The molecule has 1 nitrogen and oxygen atoms in total. The number of rotatable bonds is 0. The van der Waals surface area contributed by atoms with Crippen LogP contribution in [0.1, 0.15) is 0 Å². The summed E-state index contributed by atoms with van der Waals surface area (Å²) in [5.41, 5.74) is 6.73. The number of hydrogen-bond acceptors (Lipinski definition) is 1. The second kappa shape index (κ2) is 4.47. The molecule has 0 aliphatic heterocycles. The topological polar surface area (TPSA) is 26.0 Å². The highest BCUT2D eigenvalue weighted by molar-refractivity contribution is 6.08. The van der Waals surface area contributed by atoms with Gasteiger partial charge in [-0.05, 0) is 91.6 Å². The zero-order valence-corrected chi connectivity index (χ0v) is 12.6. The average molecular weight is 293 g/mol. The molecule has 23 heavy (non-hydrogen) atoms. The molecule has 5 rings (SSSR count). The van der Waals surface area contributed by atoms with Crippen molar-refractivity contribution in [3.05, 3.63) is 78.9 Å². The van der Waals surface area contributed by atoms with Crippen LogP contribution >= 0.6 is 0 Å². The summed E-state index contributed by atoms with van der Waals surface area (Å²) in [4.78, 5) is 0. The maximum Gasteiger partial charge on any atom is 0.0320 e. The molecule has 2 N–H and O–H groups in total. The van der Waals surface area contributed by atoms with Crippen molar-refractivity contribution in [1.29, 1.82) is 0 Å². The first-order valence-electron chi connectivity index (χ1n) is 7.82. The first-order valence-corrected chi connectivity index (χ1v) is 7.82. The molecule has 5 aromatic rings. The maximum atomic E-state index is 5.92. The quantitative estimate of drug-likeness (QED) is 0.280. The summed E-state index contributed by atoms with van der Waals surface area (Å²) < 4.78 is 0. The Hall–Kier alpha value is -3.06. The van der Waals surface area contributed by atoms with Crippen molar-refractivity contribution < 1.29 is 0 Å². The SMILES string of the molecule is Nc1ccc2cc3cc4cc5ccccc5cc4cc3cc2c1. The van der Waals surface area contributed by atoms with Gasteiger partial charge in [-0.25, -0.2) is 0 Å². The third-order valence-corrected chi connectivity index (χ3v) is 4.64. The van der Waals surface area contributed by atoms with Crippen molar-refractivity contribution in [2.24, 2.45) is 0 Å². The van der Waals surface area contributed by atoms with Crippen LogP contribution in [0.5, 0.6) is 0 Å². The molecule has 5 aromatic carbocycles. The number of fused-ring (bicyclic) bond motifs is 4. The van der Waals surface area contributed by atoms with Crippen molar-refractivity contribution in [2.75, 3.05) is 5.73 Å². The van der Waals surface area contributed by atoms with E-state index in [0.29, 0.717) is 0 Å². The number of anilines is 1. The van der Waals surface area contributed by atoms with Crippen LogP contribution < -0.4 is 5.73 Å². The van der Waals surface area contributed by atoms with E-state index < -0.39 is 0 Å². The van der Waals surface area contributed by atoms with Crippen molar-refractivity contribution in [2.45, 2.75) is 0 Å². The van der Waals surface area contributed by atoms with Crippen molar-refractivity contribution in [1.82, 2.24) is 0 Å². The highest BCUT2D eigenvalue weighted by Gasteiger charge is 2.03. The average Bonchev–Trinajstić information content (AvgIpc) is 2.56. The van der Waals surface area contributed by atoms with Crippen LogP contribution in [0.25, 0.3) is 43.1 Å². The van der Waals surface area contributed by atoms with E-state index in [0.717, 1.165) is 5.69 Å². The minimum Gasteiger partial charge on any atom is -0.399 e. The Morgan fingerprint density at radius 2 is 0.783 bits per heavy atom. The fraction of sp³-hybridized carbons (Fsp3) is 0. The normalized spacial score (nSPS) is 11.7. The number of hydrogen-bond donors (Lipinski definition) is 1. The summed E-state index contributed by atoms with van der Waals surface area (Å²) in [5.74, 6) is 0. The zero-order chi connectivity index (χ0) is 15.4. The molecule has 108 valence electrons. The van der Waals surface area contributed by atoms with Gasteiger partial charge in [-0.15, -0.1) is 0 Å². The molecule has 0 spiro atoms. The molecule has 0 aliphatic carbocycles. The Morgan fingerprint density at radius 1 is 0.391 bits per heavy atom. The molecule has 0 saturated heterocycles. The van der Waals surface area contributed by atoms with Crippen LogP contribution in [0.2, 0.25) is 0 Å². The Balaban J connectivity index is 1.90. The van der Waals surface area contributed by atoms with E-state index in [1.807, 2.05) is 12.1 Å². The van der Waals surface area contributed by atoms with E-state index >= 15 is 0 Å². The van der Waals surface area contributed by atoms with Gasteiger partial charge in [0.1, 0.15) is 0 Å². The summed E-state index contributed by atoms with van der Waals surface area (Å²) in [6.45, 7) is 0. The lowest BCUT2D eigenvalue weighted by molar-refractivity contribution is 1.75. The van der Waals surface area contributed by atoms with Gasteiger partial charge in [0.25, 0.3) is 0 Å². The van der Waals surface area contributed by atoms with E-state index in [-0.39, 0.29) is 0 Å². The largest absolute Gasteiger partial charge is 0.399 e. The van der Waals surface area contributed by atoms with Crippen molar-refractivity contribution in [3.63, 3.8) is 0 Å². The summed E-state index contributed by atoms with van der Waals surface area (Å²) >= 11 is 0. The first-order chi connectivity index (χ1) is 11.3. The molecular formula is C22H15N. The van der Waals surface area contributed by atoms with E-state index in [2.05, 4.69) is 66.7 Å². The smallest absolute Gasteiger partial charge is 0.0320 e. The van der Waals surface area contributed by atoms with Gasteiger partial charge in [0, 0.05) is 5.69 Å². The van der Waals surface area contributed by atoms with Crippen LogP contribution in [0, 0.1) is 0 Å². The van der Waals surface area contributed by atoms with Gasteiger partial charge in [0.15, 0.2) is 0 Å². The molecule has 1 heteroatoms. The van der Waals surface area contributed by atoms with Crippen LogP contribution in [0.3, 0.4) is 0 Å². The van der Waals surface area contributed by atoms with Crippen molar-refractivity contribution in [3.8, 4) is 0 Å². The zero-order valence-electron chi connectivity index (χ0n) is 12.6. The van der Waals surface area contributed by atoms with E-state index in [1.54, 1.807) is 0 Å². The van der Waals surface area contributed by atoms with Gasteiger partial charge in [-0.3, -0.25) is 0 Å². The molecule has 0 unspecified atom stereocenters. The number of benzene rings is 5. The molecule has 0 fully saturated rings. The number of nitrogens with two attached hydrogens (primary N) is 1. The molecule has 0 saturated carbocycles. The van der Waals surface area contributed by atoms with Gasteiger partial charge in [-0.2, -0.15) is 0 Å². The Morgan fingerprint density at radius 3 is 1.30 bits per heavy atom. The molecule has 0 atom stereocenters. The van der Waals surface area contributed by atoms with Crippen LogP contribution in [0.15, 0.2) is 78.9 Å². The monoisotopic (exact) mass is 293 g/mol. The summed E-state index contributed by atoms with van der Waals surface area (Å²) in [6, 6.07) is 28.2. The Kier molecular flexibility index (Phi) is 2.42. The predicted molar refractivity (Wildman–Crippen MR) is 101 cm³/mol. The molecular weight excluding hydrogens is 278 g/mol. The maximum absolute atomic E-state index is 5.92. The third kappa shape index (κ3) is 1.94. The van der Waals surface area contributed by atoms with Crippen LogP contribution in [-0.4, -0.2) is 0 Å². The predicted octanol–water partition coefficient (Wildman–Crippen LogP) is 5.88. The molecule has 0 radical (unpaired) electrons. The van der Waals surface area contributed by atoms with E-state index in [9.17, 15) is 0 Å². The minimum atomic E-state index is 0.809. The second-order valence-electron chi connectivity index (χ2n) is 6.20.